The number of hydrogen-bond donors (Lipinski definition) is 1. The van der Waals surface area contributed by atoms with Gasteiger partial charge in [0.2, 0.25) is 0 Å². The summed E-state index contributed by atoms with van der Waals surface area (Å²) in [6.45, 7) is 0. The minimum atomic E-state index is -0.242. The largest absolute Gasteiger partial charge is 0.497 e. The van der Waals surface area contributed by atoms with Crippen LogP contribution in [0.4, 0.5) is 5.69 Å². The van der Waals surface area contributed by atoms with Gasteiger partial charge in [-0.1, -0.05) is 12.1 Å². The molecule has 0 aliphatic carbocycles. The monoisotopic (exact) mass is 305 g/mol. The molecule has 0 spiro atoms. The Morgan fingerprint density at radius 1 is 1.10 bits per heavy atom. The molecular weight excluding hydrogens is 290 g/mol. The maximum Gasteiger partial charge on any atom is 0.259 e. The molecule has 0 aromatic heterocycles. The van der Waals surface area contributed by atoms with Crippen molar-refractivity contribution in [1.29, 1.82) is 0 Å². The van der Waals surface area contributed by atoms with E-state index in [1.165, 1.54) is 7.11 Å². The van der Waals surface area contributed by atoms with Gasteiger partial charge in [-0.15, -0.1) is 11.6 Å². The molecule has 110 valence electrons. The quantitative estimate of drug-likeness (QED) is 0.857. The van der Waals surface area contributed by atoms with E-state index in [1.54, 1.807) is 25.3 Å². The number of nitrogens with one attached hydrogen (secondary N) is 1. The van der Waals surface area contributed by atoms with Crippen LogP contribution in [0.5, 0.6) is 11.5 Å². The lowest BCUT2D eigenvalue weighted by Crippen LogP contribution is -2.13. The fourth-order valence-electron chi connectivity index (χ4n) is 1.86. The van der Waals surface area contributed by atoms with Crippen molar-refractivity contribution in [3.8, 4) is 11.5 Å². The number of hydrogen-bond acceptors (Lipinski definition) is 3. The molecule has 0 saturated heterocycles. The van der Waals surface area contributed by atoms with Crippen molar-refractivity contribution in [2.45, 2.75) is 5.88 Å². The molecule has 0 unspecified atom stereocenters. The van der Waals surface area contributed by atoms with Crippen molar-refractivity contribution in [2.75, 3.05) is 19.5 Å². The number of methoxy groups -OCH3 is 2. The number of halogens is 1. The summed E-state index contributed by atoms with van der Waals surface area (Å²) in [4.78, 5) is 12.3. The SMILES string of the molecule is COc1ccc(C(=O)Nc2ccc(CCl)cc2)c(OC)c1. The summed E-state index contributed by atoms with van der Waals surface area (Å²) < 4.78 is 10.3. The Labute approximate surface area is 128 Å². The molecule has 0 aliphatic rings. The standard InChI is InChI=1S/C16H16ClNO3/c1-20-13-7-8-14(15(9-13)21-2)16(19)18-12-5-3-11(10-17)4-6-12/h3-9H,10H2,1-2H3,(H,18,19). The van der Waals surface area contributed by atoms with Gasteiger partial charge >= 0.3 is 0 Å². The third kappa shape index (κ3) is 3.67. The molecule has 0 fully saturated rings. The Balaban J connectivity index is 2.19. The van der Waals surface area contributed by atoms with Crippen molar-refractivity contribution >= 4 is 23.2 Å². The van der Waals surface area contributed by atoms with Gasteiger partial charge in [0.15, 0.2) is 0 Å². The number of rotatable bonds is 5. The summed E-state index contributed by atoms with van der Waals surface area (Å²) in [5.41, 5.74) is 2.14. The third-order valence-corrected chi connectivity index (χ3v) is 3.33. The van der Waals surface area contributed by atoms with E-state index in [0.717, 1.165) is 5.56 Å². The van der Waals surface area contributed by atoms with Crippen LogP contribution in [-0.2, 0) is 5.88 Å². The van der Waals surface area contributed by atoms with Crippen LogP contribution < -0.4 is 14.8 Å². The number of carbonyl (C=O) groups excluding carboxylic acids is 1. The van der Waals surface area contributed by atoms with Gasteiger partial charge in [-0.2, -0.15) is 0 Å². The molecule has 21 heavy (non-hydrogen) atoms. The van der Waals surface area contributed by atoms with Crippen LogP contribution in [0, 0.1) is 0 Å². The van der Waals surface area contributed by atoms with E-state index in [4.69, 9.17) is 21.1 Å². The lowest BCUT2D eigenvalue weighted by Gasteiger charge is -2.11. The highest BCUT2D eigenvalue weighted by atomic mass is 35.5. The fraction of sp³-hybridized carbons (Fsp3) is 0.188. The number of alkyl halides is 1. The fourth-order valence-corrected chi connectivity index (χ4v) is 2.04. The average molecular weight is 306 g/mol. The van der Waals surface area contributed by atoms with E-state index in [1.807, 2.05) is 24.3 Å². The summed E-state index contributed by atoms with van der Waals surface area (Å²) in [6.07, 6.45) is 0. The molecule has 0 aliphatic heterocycles. The van der Waals surface area contributed by atoms with Crippen molar-refractivity contribution in [1.82, 2.24) is 0 Å². The molecule has 0 heterocycles. The van der Waals surface area contributed by atoms with Crippen LogP contribution in [0.2, 0.25) is 0 Å². The van der Waals surface area contributed by atoms with Gasteiger partial charge in [0.1, 0.15) is 11.5 Å². The van der Waals surface area contributed by atoms with E-state index in [0.29, 0.717) is 28.6 Å². The van der Waals surface area contributed by atoms with Gasteiger partial charge in [0.25, 0.3) is 5.91 Å². The van der Waals surface area contributed by atoms with Crippen LogP contribution in [0.1, 0.15) is 15.9 Å². The first-order chi connectivity index (χ1) is 10.2. The van der Waals surface area contributed by atoms with Crippen LogP contribution in [0.3, 0.4) is 0 Å². The second kappa shape index (κ2) is 6.99. The Morgan fingerprint density at radius 3 is 2.38 bits per heavy atom. The lowest BCUT2D eigenvalue weighted by atomic mass is 10.1. The van der Waals surface area contributed by atoms with Crippen molar-refractivity contribution in [3.63, 3.8) is 0 Å². The lowest BCUT2D eigenvalue weighted by molar-refractivity contribution is 0.102. The molecule has 0 radical (unpaired) electrons. The highest BCUT2D eigenvalue weighted by Gasteiger charge is 2.13. The molecule has 1 amide bonds. The van der Waals surface area contributed by atoms with E-state index in [2.05, 4.69) is 5.32 Å². The minimum Gasteiger partial charge on any atom is -0.497 e. The first-order valence-corrected chi connectivity index (χ1v) is 6.89. The maximum absolute atomic E-state index is 12.3. The van der Waals surface area contributed by atoms with Crippen LogP contribution in [0.25, 0.3) is 0 Å². The Kier molecular flexibility index (Phi) is 5.06. The summed E-state index contributed by atoms with van der Waals surface area (Å²) in [5, 5.41) is 2.82. The highest BCUT2D eigenvalue weighted by molar-refractivity contribution is 6.17. The number of anilines is 1. The number of carbonyl (C=O) groups is 1. The second-order valence-corrected chi connectivity index (χ2v) is 4.62. The smallest absolute Gasteiger partial charge is 0.259 e. The van der Waals surface area contributed by atoms with Crippen LogP contribution in [0.15, 0.2) is 42.5 Å². The zero-order valence-electron chi connectivity index (χ0n) is 11.9. The van der Waals surface area contributed by atoms with Gasteiger partial charge in [-0.3, -0.25) is 4.79 Å². The van der Waals surface area contributed by atoms with Gasteiger partial charge in [0.05, 0.1) is 19.8 Å². The van der Waals surface area contributed by atoms with Crippen molar-refractivity contribution < 1.29 is 14.3 Å². The second-order valence-electron chi connectivity index (χ2n) is 4.35. The Bertz CT molecular complexity index is 626. The van der Waals surface area contributed by atoms with Crippen molar-refractivity contribution in [3.05, 3.63) is 53.6 Å². The van der Waals surface area contributed by atoms with Gasteiger partial charge in [-0.05, 0) is 29.8 Å². The minimum absolute atomic E-state index is 0.242. The van der Waals surface area contributed by atoms with Crippen LogP contribution >= 0.6 is 11.6 Å². The first kappa shape index (κ1) is 15.2. The summed E-state index contributed by atoms with van der Waals surface area (Å²) in [6, 6.07) is 12.4. The Hall–Kier alpha value is -2.20. The van der Waals surface area contributed by atoms with Crippen LogP contribution in [-0.4, -0.2) is 20.1 Å². The number of amides is 1. The summed E-state index contributed by atoms with van der Waals surface area (Å²) in [7, 11) is 3.08. The molecule has 0 atom stereocenters. The predicted octanol–water partition coefficient (Wildman–Crippen LogP) is 3.69. The average Bonchev–Trinajstić information content (AvgIpc) is 2.54. The van der Waals surface area contributed by atoms with Crippen molar-refractivity contribution in [2.24, 2.45) is 0 Å². The third-order valence-electron chi connectivity index (χ3n) is 3.02. The topological polar surface area (TPSA) is 47.6 Å². The zero-order valence-corrected chi connectivity index (χ0v) is 12.6. The number of ether oxygens (including phenoxy) is 2. The molecule has 0 saturated carbocycles. The van der Waals surface area contributed by atoms with E-state index in [9.17, 15) is 4.79 Å². The Morgan fingerprint density at radius 2 is 1.81 bits per heavy atom. The van der Waals surface area contributed by atoms with E-state index in [-0.39, 0.29) is 5.91 Å². The molecule has 2 rings (SSSR count). The van der Waals surface area contributed by atoms with E-state index < -0.39 is 0 Å². The van der Waals surface area contributed by atoms with E-state index >= 15 is 0 Å². The molecule has 5 heteroatoms. The zero-order chi connectivity index (χ0) is 15.2. The molecule has 1 N–H and O–H groups in total. The maximum atomic E-state index is 12.3. The highest BCUT2D eigenvalue weighted by Crippen LogP contribution is 2.25. The number of benzene rings is 2. The van der Waals surface area contributed by atoms with Gasteiger partial charge in [-0.25, -0.2) is 0 Å². The molecular formula is C16H16ClNO3. The predicted molar refractivity (Wildman–Crippen MR) is 83.5 cm³/mol. The molecule has 0 bridgehead atoms. The molecule has 2 aromatic carbocycles. The molecule has 4 nitrogen and oxygen atoms in total. The molecule has 2 aromatic rings. The first-order valence-electron chi connectivity index (χ1n) is 6.36. The van der Waals surface area contributed by atoms with Gasteiger partial charge in [0, 0.05) is 17.6 Å². The van der Waals surface area contributed by atoms with Gasteiger partial charge < -0.3 is 14.8 Å². The summed E-state index contributed by atoms with van der Waals surface area (Å²) >= 11 is 5.73. The summed E-state index contributed by atoms with van der Waals surface area (Å²) in [5.74, 6) is 1.30. The normalized spacial score (nSPS) is 10.0.